The molecule has 7 nitrogen and oxygen atoms in total. The number of halogens is 3. The number of sulfonamides is 1. The monoisotopic (exact) mass is 415 g/mol. The molecule has 0 saturated heterocycles. The van der Waals surface area contributed by atoms with Gasteiger partial charge in [-0.3, -0.25) is 4.40 Å². The molecule has 0 aliphatic heterocycles. The van der Waals surface area contributed by atoms with E-state index in [4.69, 9.17) is 0 Å². The molecule has 152 valence electrons. The molecule has 0 spiro atoms. The molecule has 0 radical (unpaired) electrons. The van der Waals surface area contributed by atoms with E-state index >= 15 is 0 Å². The van der Waals surface area contributed by atoms with Crippen LogP contribution in [0.2, 0.25) is 0 Å². The van der Waals surface area contributed by atoms with Gasteiger partial charge in [-0.15, -0.1) is 0 Å². The first-order chi connectivity index (χ1) is 13.1. The number of H-pyrrole nitrogens is 1. The zero-order valence-corrected chi connectivity index (χ0v) is 15.9. The normalized spacial score (nSPS) is 23.8. The average molecular weight is 415 g/mol. The van der Waals surface area contributed by atoms with Gasteiger partial charge in [-0.2, -0.15) is 13.2 Å². The fraction of sp³-hybridized carbons (Fsp3) is 0.529. The van der Waals surface area contributed by atoms with Crippen molar-refractivity contribution >= 4 is 26.7 Å². The van der Waals surface area contributed by atoms with Gasteiger partial charge in [0.05, 0.1) is 35.6 Å². The summed E-state index contributed by atoms with van der Waals surface area (Å²) in [5.41, 5.74) is 2.44. The van der Waals surface area contributed by atoms with Gasteiger partial charge < -0.3 is 4.98 Å². The van der Waals surface area contributed by atoms with Gasteiger partial charge in [-0.05, 0) is 24.8 Å². The highest BCUT2D eigenvalue weighted by atomic mass is 32.2. The third-order valence-corrected chi connectivity index (χ3v) is 6.73. The Balaban J connectivity index is 1.55. The van der Waals surface area contributed by atoms with Crippen LogP contribution < -0.4 is 4.72 Å². The van der Waals surface area contributed by atoms with E-state index in [1.807, 2.05) is 17.4 Å². The van der Waals surface area contributed by atoms with Crippen molar-refractivity contribution in [3.05, 3.63) is 30.5 Å². The molecule has 3 heterocycles. The van der Waals surface area contributed by atoms with Crippen LogP contribution in [-0.2, 0) is 10.0 Å². The van der Waals surface area contributed by atoms with E-state index in [0.29, 0.717) is 12.8 Å². The topological polar surface area (TPSA) is 92.2 Å². The molecule has 4 rings (SSSR count). The fourth-order valence-electron chi connectivity index (χ4n) is 4.03. The Morgan fingerprint density at radius 3 is 2.79 bits per heavy atom. The molecule has 3 aromatic rings. The van der Waals surface area contributed by atoms with Gasteiger partial charge in [-0.1, -0.05) is 6.92 Å². The third-order valence-electron chi connectivity index (χ3n) is 5.30. The van der Waals surface area contributed by atoms with E-state index in [2.05, 4.69) is 19.7 Å². The Bertz CT molecular complexity index is 1110. The summed E-state index contributed by atoms with van der Waals surface area (Å²) >= 11 is 0. The highest BCUT2D eigenvalue weighted by molar-refractivity contribution is 7.89. The van der Waals surface area contributed by atoms with E-state index < -0.39 is 34.4 Å². The summed E-state index contributed by atoms with van der Waals surface area (Å²) in [5.74, 6) is -0.0264. The van der Waals surface area contributed by atoms with E-state index in [1.165, 1.54) is 0 Å². The van der Waals surface area contributed by atoms with Crippen molar-refractivity contribution in [3.8, 4) is 0 Å². The lowest BCUT2D eigenvalue weighted by molar-refractivity contribution is -0.130. The fourth-order valence-corrected chi connectivity index (χ4v) is 5.35. The number of alkyl halides is 3. The van der Waals surface area contributed by atoms with Crippen LogP contribution in [0, 0.1) is 5.92 Å². The maximum atomic E-state index is 12.3. The molecule has 3 unspecified atom stereocenters. The van der Waals surface area contributed by atoms with Crippen molar-refractivity contribution in [2.45, 2.75) is 44.3 Å². The van der Waals surface area contributed by atoms with Crippen LogP contribution in [0.15, 0.2) is 24.7 Å². The molecular formula is C17H20F3N5O2S. The maximum Gasteiger partial charge on any atom is 0.390 e. The average Bonchev–Trinajstić information content (AvgIpc) is 3.29. The minimum Gasteiger partial charge on any atom is -0.345 e. The second kappa shape index (κ2) is 6.73. The Morgan fingerprint density at radius 1 is 1.29 bits per heavy atom. The molecule has 1 saturated carbocycles. The smallest absolute Gasteiger partial charge is 0.345 e. The van der Waals surface area contributed by atoms with Crippen LogP contribution >= 0.6 is 0 Å². The lowest BCUT2D eigenvalue weighted by Crippen LogP contribution is -2.36. The van der Waals surface area contributed by atoms with Gasteiger partial charge in [-0.25, -0.2) is 23.1 Å². The standard InChI is InChI=1S/C17H20F3N5O2S/c1-10-6-11(24-28(26,27)5-3-17(18,19)20)7-13(10)16-23-9-12-8-22-15-14(25(12)16)2-4-21-15/h2,4,8-11,13,21,24H,3,5-7H2,1H3. The zero-order chi connectivity index (χ0) is 20.1. The summed E-state index contributed by atoms with van der Waals surface area (Å²) in [6.45, 7) is 2.01. The first-order valence-corrected chi connectivity index (χ1v) is 10.6. The lowest BCUT2D eigenvalue weighted by atomic mass is 9.97. The molecule has 11 heteroatoms. The Morgan fingerprint density at radius 2 is 2.04 bits per heavy atom. The van der Waals surface area contributed by atoms with Crippen LogP contribution in [0.3, 0.4) is 0 Å². The molecule has 3 aromatic heterocycles. The second-order valence-electron chi connectivity index (χ2n) is 7.40. The molecule has 1 fully saturated rings. The van der Waals surface area contributed by atoms with Crippen LogP contribution in [0.4, 0.5) is 13.2 Å². The molecule has 0 bridgehead atoms. The van der Waals surface area contributed by atoms with Crippen LogP contribution in [0.25, 0.3) is 16.7 Å². The Hall–Kier alpha value is -2.14. The number of hydrogen-bond donors (Lipinski definition) is 2. The van der Waals surface area contributed by atoms with E-state index in [1.54, 1.807) is 18.6 Å². The molecule has 28 heavy (non-hydrogen) atoms. The number of hydrogen-bond acceptors (Lipinski definition) is 4. The van der Waals surface area contributed by atoms with Crippen LogP contribution in [-0.4, -0.2) is 45.7 Å². The van der Waals surface area contributed by atoms with Crippen LogP contribution in [0.5, 0.6) is 0 Å². The Labute approximate surface area is 159 Å². The van der Waals surface area contributed by atoms with Crippen molar-refractivity contribution in [1.82, 2.24) is 24.1 Å². The SMILES string of the molecule is CC1CC(NS(=O)(=O)CCC(F)(F)F)CC1c1ncc2cnc3[nH]ccc3n12. The second-order valence-corrected chi connectivity index (χ2v) is 9.27. The number of rotatable bonds is 5. The quantitative estimate of drug-likeness (QED) is 0.670. The summed E-state index contributed by atoms with van der Waals surface area (Å²) in [7, 11) is -3.99. The summed E-state index contributed by atoms with van der Waals surface area (Å²) in [4.78, 5) is 11.9. The number of imidazole rings is 1. The predicted octanol–water partition coefficient (Wildman–Crippen LogP) is 2.96. The minimum absolute atomic E-state index is 0.0154. The van der Waals surface area contributed by atoms with E-state index in [9.17, 15) is 21.6 Å². The van der Waals surface area contributed by atoms with Crippen molar-refractivity contribution in [3.63, 3.8) is 0 Å². The van der Waals surface area contributed by atoms with Crippen molar-refractivity contribution < 1.29 is 21.6 Å². The van der Waals surface area contributed by atoms with Crippen molar-refractivity contribution in [2.24, 2.45) is 5.92 Å². The molecule has 2 N–H and O–H groups in total. The molecular weight excluding hydrogens is 395 g/mol. The van der Waals surface area contributed by atoms with Gasteiger partial charge in [0.25, 0.3) is 0 Å². The third kappa shape index (κ3) is 3.72. The highest BCUT2D eigenvalue weighted by Crippen LogP contribution is 2.40. The number of nitrogens with one attached hydrogen (secondary N) is 2. The molecule has 0 aromatic carbocycles. The van der Waals surface area contributed by atoms with E-state index in [0.717, 1.165) is 22.5 Å². The van der Waals surface area contributed by atoms with Crippen molar-refractivity contribution in [1.29, 1.82) is 0 Å². The molecule has 3 atom stereocenters. The number of fused-ring (bicyclic) bond motifs is 3. The van der Waals surface area contributed by atoms with Gasteiger partial charge in [0, 0.05) is 18.2 Å². The highest BCUT2D eigenvalue weighted by Gasteiger charge is 2.38. The maximum absolute atomic E-state index is 12.3. The minimum atomic E-state index is -4.50. The first kappa shape index (κ1) is 19.2. The zero-order valence-electron chi connectivity index (χ0n) is 15.1. The largest absolute Gasteiger partial charge is 0.390 e. The summed E-state index contributed by atoms with van der Waals surface area (Å²) < 4.78 is 65.6. The van der Waals surface area contributed by atoms with Gasteiger partial charge in [0.1, 0.15) is 5.82 Å². The molecule has 0 amide bonds. The molecule has 1 aliphatic carbocycles. The van der Waals surface area contributed by atoms with Crippen LogP contribution in [0.1, 0.15) is 37.9 Å². The predicted molar refractivity (Wildman–Crippen MR) is 97.4 cm³/mol. The van der Waals surface area contributed by atoms with Gasteiger partial charge >= 0.3 is 6.18 Å². The number of aromatic nitrogens is 4. The number of aromatic amines is 1. The molecule has 1 aliphatic rings. The number of nitrogens with zero attached hydrogens (tertiary/aromatic N) is 3. The van der Waals surface area contributed by atoms with Gasteiger partial charge in [0.15, 0.2) is 5.65 Å². The first-order valence-electron chi connectivity index (χ1n) is 8.99. The van der Waals surface area contributed by atoms with Crippen molar-refractivity contribution in [2.75, 3.05) is 5.75 Å². The van der Waals surface area contributed by atoms with E-state index in [-0.39, 0.29) is 11.8 Å². The summed E-state index contributed by atoms with van der Waals surface area (Å²) in [6, 6.07) is 1.49. The summed E-state index contributed by atoms with van der Waals surface area (Å²) in [6.07, 6.45) is 0.416. The summed E-state index contributed by atoms with van der Waals surface area (Å²) in [5, 5.41) is 0. The van der Waals surface area contributed by atoms with Gasteiger partial charge in [0.2, 0.25) is 10.0 Å². The lowest BCUT2D eigenvalue weighted by Gasteiger charge is -2.15. The Kier molecular flexibility index (Phi) is 4.61.